The van der Waals surface area contributed by atoms with Crippen LogP contribution in [0.15, 0.2) is 48.1 Å². The summed E-state index contributed by atoms with van der Waals surface area (Å²) in [6, 6.07) is 5.27. The van der Waals surface area contributed by atoms with Crippen molar-refractivity contribution < 1.29 is 14.3 Å². The molecule has 1 aromatic heterocycles. The van der Waals surface area contributed by atoms with E-state index in [1.54, 1.807) is 49.3 Å². The van der Waals surface area contributed by atoms with Crippen molar-refractivity contribution in [2.75, 3.05) is 38.0 Å². The molecular weight excluding hydrogens is 348 g/mol. The van der Waals surface area contributed by atoms with Crippen molar-refractivity contribution in [1.82, 2.24) is 9.97 Å². The Morgan fingerprint density at radius 2 is 2.15 bits per heavy atom. The van der Waals surface area contributed by atoms with Crippen LogP contribution in [0.25, 0.3) is 6.08 Å². The van der Waals surface area contributed by atoms with Gasteiger partial charge in [0, 0.05) is 20.2 Å². The summed E-state index contributed by atoms with van der Waals surface area (Å²) in [6.45, 7) is 3.96. The van der Waals surface area contributed by atoms with E-state index in [1.165, 1.54) is 19.5 Å². The summed E-state index contributed by atoms with van der Waals surface area (Å²) >= 11 is 0. The van der Waals surface area contributed by atoms with Crippen LogP contribution in [-0.2, 0) is 4.79 Å². The molecule has 0 aliphatic rings. The van der Waals surface area contributed by atoms with Crippen molar-refractivity contribution in [2.24, 2.45) is 0 Å². The first-order valence-electron chi connectivity index (χ1n) is 8.12. The molecule has 0 fully saturated rings. The van der Waals surface area contributed by atoms with Gasteiger partial charge in [-0.3, -0.25) is 9.59 Å². The van der Waals surface area contributed by atoms with Crippen LogP contribution in [0.3, 0.4) is 0 Å². The number of carbonyl (C=O) groups is 1. The number of hydrogen-bond donors (Lipinski definition) is 2. The van der Waals surface area contributed by atoms with Crippen molar-refractivity contribution in [3.05, 3.63) is 59.2 Å². The molecule has 27 heavy (non-hydrogen) atoms. The molecule has 0 aliphatic heterocycles. The van der Waals surface area contributed by atoms with E-state index in [1.807, 2.05) is 0 Å². The Bertz CT molecular complexity index is 903. The molecule has 0 spiro atoms. The average molecular weight is 370 g/mol. The van der Waals surface area contributed by atoms with Gasteiger partial charge in [-0.15, -0.1) is 0 Å². The molecule has 0 atom stereocenters. The van der Waals surface area contributed by atoms with Gasteiger partial charge < -0.3 is 24.7 Å². The summed E-state index contributed by atoms with van der Waals surface area (Å²) in [5, 5.41) is 2.56. The quantitative estimate of drug-likeness (QED) is 0.545. The summed E-state index contributed by atoms with van der Waals surface area (Å²) < 4.78 is 10.8. The maximum Gasteiger partial charge on any atom is 0.276 e. The zero-order valence-corrected chi connectivity index (χ0v) is 15.5. The second-order valence-electron chi connectivity index (χ2n) is 5.66. The fourth-order valence-corrected chi connectivity index (χ4v) is 2.23. The molecule has 2 aromatic rings. The van der Waals surface area contributed by atoms with E-state index in [2.05, 4.69) is 21.9 Å². The van der Waals surface area contributed by atoms with E-state index in [-0.39, 0.29) is 5.69 Å². The molecule has 8 nitrogen and oxygen atoms in total. The third kappa shape index (κ3) is 5.21. The Balaban J connectivity index is 2.16. The number of rotatable bonds is 8. The molecule has 0 saturated heterocycles. The molecule has 2 rings (SSSR count). The average Bonchev–Trinajstić information content (AvgIpc) is 2.66. The number of aromatic amines is 1. The van der Waals surface area contributed by atoms with E-state index in [9.17, 15) is 9.59 Å². The molecule has 0 bridgehead atoms. The highest BCUT2D eigenvalue weighted by Crippen LogP contribution is 2.28. The third-order valence-corrected chi connectivity index (χ3v) is 3.48. The minimum atomic E-state index is -0.456. The SMILES string of the molecule is C=CCOc1ccc(/C=C/C(=O)Nc2c(N(C)C)nc[nH]c2=O)cc1OC. The predicted molar refractivity (Wildman–Crippen MR) is 106 cm³/mol. The molecule has 0 unspecified atom stereocenters. The van der Waals surface area contributed by atoms with E-state index in [4.69, 9.17) is 9.47 Å². The molecule has 0 aliphatic carbocycles. The smallest absolute Gasteiger partial charge is 0.276 e. The first-order valence-corrected chi connectivity index (χ1v) is 8.12. The molecule has 1 heterocycles. The number of aromatic nitrogens is 2. The van der Waals surface area contributed by atoms with Crippen LogP contribution < -0.4 is 25.2 Å². The van der Waals surface area contributed by atoms with Crippen LogP contribution >= 0.6 is 0 Å². The number of anilines is 2. The van der Waals surface area contributed by atoms with Gasteiger partial charge in [-0.05, 0) is 23.8 Å². The van der Waals surface area contributed by atoms with Gasteiger partial charge in [-0.1, -0.05) is 18.7 Å². The number of ether oxygens (including phenoxy) is 2. The van der Waals surface area contributed by atoms with Gasteiger partial charge in [0.1, 0.15) is 6.61 Å². The summed E-state index contributed by atoms with van der Waals surface area (Å²) in [5.41, 5.74) is 0.393. The lowest BCUT2D eigenvalue weighted by molar-refractivity contribution is -0.111. The second kappa shape index (κ2) is 9.23. The first kappa shape index (κ1) is 19.8. The zero-order chi connectivity index (χ0) is 19.8. The third-order valence-electron chi connectivity index (χ3n) is 3.48. The molecular formula is C19H22N4O4. The molecule has 0 radical (unpaired) electrons. The van der Waals surface area contributed by atoms with E-state index in [0.717, 1.165) is 5.56 Å². The number of nitrogens with one attached hydrogen (secondary N) is 2. The van der Waals surface area contributed by atoms with Crippen LogP contribution in [0.4, 0.5) is 11.5 Å². The Labute approximate surface area is 157 Å². The molecule has 0 saturated carbocycles. The lowest BCUT2D eigenvalue weighted by atomic mass is 10.2. The van der Waals surface area contributed by atoms with Crippen LogP contribution in [-0.4, -0.2) is 43.7 Å². The number of methoxy groups -OCH3 is 1. The largest absolute Gasteiger partial charge is 0.493 e. The van der Waals surface area contributed by atoms with Crippen molar-refractivity contribution in [3.8, 4) is 11.5 Å². The van der Waals surface area contributed by atoms with Crippen molar-refractivity contribution >= 4 is 23.5 Å². The Morgan fingerprint density at radius 1 is 1.37 bits per heavy atom. The second-order valence-corrected chi connectivity index (χ2v) is 5.66. The van der Waals surface area contributed by atoms with Gasteiger partial charge in [0.2, 0.25) is 5.91 Å². The maximum absolute atomic E-state index is 12.2. The van der Waals surface area contributed by atoms with E-state index >= 15 is 0 Å². The van der Waals surface area contributed by atoms with Crippen molar-refractivity contribution in [1.29, 1.82) is 0 Å². The topological polar surface area (TPSA) is 96.5 Å². The van der Waals surface area contributed by atoms with Crippen molar-refractivity contribution in [3.63, 3.8) is 0 Å². The number of carbonyl (C=O) groups excluding carboxylic acids is 1. The Morgan fingerprint density at radius 3 is 2.81 bits per heavy atom. The van der Waals surface area contributed by atoms with Crippen molar-refractivity contribution in [2.45, 2.75) is 0 Å². The molecule has 2 N–H and O–H groups in total. The predicted octanol–water partition coefficient (Wildman–Crippen LogP) is 2.06. The minimum absolute atomic E-state index is 0.0860. The van der Waals surface area contributed by atoms with Crippen LogP contribution in [0, 0.1) is 0 Å². The highest BCUT2D eigenvalue weighted by atomic mass is 16.5. The number of hydrogen-bond acceptors (Lipinski definition) is 6. The van der Waals surface area contributed by atoms with Gasteiger partial charge in [0.05, 0.1) is 13.4 Å². The van der Waals surface area contributed by atoms with Gasteiger partial charge in [-0.25, -0.2) is 4.98 Å². The number of nitrogens with zero attached hydrogens (tertiary/aromatic N) is 2. The molecule has 142 valence electrons. The monoisotopic (exact) mass is 370 g/mol. The molecule has 1 amide bonds. The number of H-pyrrole nitrogens is 1. The zero-order valence-electron chi connectivity index (χ0n) is 15.5. The highest BCUT2D eigenvalue weighted by Gasteiger charge is 2.12. The number of benzene rings is 1. The lowest BCUT2D eigenvalue weighted by Crippen LogP contribution is -2.24. The highest BCUT2D eigenvalue weighted by molar-refractivity contribution is 6.03. The van der Waals surface area contributed by atoms with Gasteiger partial charge in [0.25, 0.3) is 5.56 Å². The van der Waals surface area contributed by atoms with Gasteiger partial charge in [0.15, 0.2) is 23.0 Å². The number of amides is 1. The summed E-state index contributed by atoms with van der Waals surface area (Å²) in [6.07, 6.45) is 5.85. The lowest BCUT2D eigenvalue weighted by Gasteiger charge is -2.14. The van der Waals surface area contributed by atoms with Crippen LogP contribution in [0.1, 0.15) is 5.56 Å². The fourth-order valence-electron chi connectivity index (χ4n) is 2.23. The minimum Gasteiger partial charge on any atom is -0.493 e. The first-order chi connectivity index (χ1) is 13.0. The van der Waals surface area contributed by atoms with Crippen LogP contribution in [0.5, 0.6) is 11.5 Å². The normalized spacial score (nSPS) is 10.5. The fraction of sp³-hybridized carbons (Fsp3) is 0.211. The summed E-state index contributed by atoms with van der Waals surface area (Å²) in [5.74, 6) is 1.03. The van der Waals surface area contributed by atoms with Gasteiger partial charge >= 0.3 is 0 Å². The van der Waals surface area contributed by atoms with E-state index in [0.29, 0.717) is 23.9 Å². The molecule has 8 heteroatoms. The van der Waals surface area contributed by atoms with Crippen LogP contribution in [0.2, 0.25) is 0 Å². The summed E-state index contributed by atoms with van der Waals surface area (Å²) in [7, 11) is 5.00. The summed E-state index contributed by atoms with van der Waals surface area (Å²) in [4.78, 5) is 32.3. The van der Waals surface area contributed by atoms with Gasteiger partial charge in [-0.2, -0.15) is 0 Å². The maximum atomic E-state index is 12.2. The Kier molecular flexibility index (Phi) is 6.76. The Hall–Kier alpha value is -3.55. The molecule has 1 aromatic carbocycles. The standard InChI is InChI=1S/C19H22N4O4/c1-5-10-27-14-8-6-13(11-15(14)26-4)7-9-16(24)22-17-18(23(2)3)20-12-21-19(17)25/h5-9,11-12H,1,10H2,2-4H3,(H,22,24)(H,20,21,25)/b9-7+. The van der Waals surface area contributed by atoms with E-state index < -0.39 is 11.5 Å².